The Kier molecular flexibility index (Phi) is 8.67. The lowest BCUT2D eigenvalue weighted by molar-refractivity contribution is -0.170. The Morgan fingerprint density at radius 2 is 1.21 bits per heavy atom. The second kappa shape index (κ2) is 11.0. The molecular formula is C21H30O8. The SMILES string of the molecule is C=C(CC(=O)OC(C)C(=O)OC1CCCC1)C(=O)OC(C)C(=O)OC1CCCC1. The lowest BCUT2D eigenvalue weighted by Gasteiger charge is -2.18. The Balaban J connectivity index is 1.70. The molecule has 2 atom stereocenters. The summed E-state index contributed by atoms with van der Waals surface area (Å²) in [6.45, 7) is 6.32. The molecular weight excluding hydrogens is 380 g/mol. The topological polar surface area (TPSA) is 105 Å². The van der Waals surface area contributed by atoms with E-state index in [9.17, 15) is 19.2 Å². The maximum absolute atomic E-state index is 12.1. The summed E-state index contributed by atoms with van der Waals surface area (Å²) >= 11 is 0. The maximum Gasteiger partial charge on any atom is 0.347 e. The van der Waals surface area contributed by atoms with E-state index in [-0.39, 0.29) is 17.8 Å². The van der Waals surface area contributed by atoms with Crippen LogP contribution < -0.4 is 0 Å². The van der Waals surface area contributed by atoms with Crippen molar-refractivity contribution in [2.24, 2.45) is 0 Å². The third kappa shape index (κ3) is 7.51. The van der Waals surface area contributed by atoms with Crippen LogP contribution in [0.5, 0.6) is 0 Å². The summed E-state index contributed by atoms with van der Waals surface area (Å²) in [5, 5.41) is 0. The largest absolute Gasteiger partial charge is 0.460 e. The van der Waals surface area contributed by atoms with Crippen molar-refractivity contribution in [1.82, 2.24) is 0 Å². The fourth-order valence-electron chi connectivity index (χ4n) is 3.36. The lowest BCUT2D eigenvalue weighted by atomic mass is 10.2. The Bertz CT molecular complexity index is 629. The predicted octanol–water partition coefficient (Wildman–Crippen LogP) is 2.77. The van der Waals surface area contributed by atoms with Gasteiger partial charge >= 0.3 is 23.9 Å². The Morgan fingerprint density at radius 1 is 0.793 bits per heavy atom. The zero-order valence-electron chi connectivity index (χ0n) is 17.1. The summed E-state index contributed by atoms with van der Waals surface area (Å²) in [6, 6.07) is 0. The summed E-state index contributed by atoms with van der Waals surface area (Å²) in [6.07, 6.45) is 4.42. The molecule has 0 bridgehead atoms. The molecule has 2 aliphatic carbocycles. The first-order valence-electron chi connectivity index (χ1n) is 10.3. The van der Waals surface area contributed by atoms with Crippen LogP contribution in [0.4, 0.5) is 0 Å². The number of esters is 4. The van der Waals surface area contributed by atoms with Gasteiger partial charge in [0.2, 0.25) is 0 Å². The Morgan fingerprint density at radius 3 is 1.66 bits per heavy atom. The summed E-state index contributed by atoms with van der Waals surface area (Å²) < 4.78 is 20.6. The van der Waals surface area contributed by atoms with Crippen LogP contribution in [0.25, 0.3) is 0 Å². The van der Waals surface area contributed by atoms with E-state index < -0.39 is 42.5 Å². The standard InChI is InChI=1S/C21H30O8/c1-13(19(23)27-15(3)21(25)29-17-10-6-7-11-17)12-18(22)26-14(2)20(24)28-16-8-4-5-9-16/h14-17H,1,4-12H2,2-3H3. The molecule has 0 amide bonds. The first kappa shape index (κ1) is 22.9. The van der Waals surface area contributed by atoms with E-state index in [2.05, 4.69) is 6.58 Å². The highest BCUT2D eigenvalue weighted by molar-refractivity contribution is 5.95. The molecule has 0 aromatic rings. The van der Waals surface area contributed by atoms with E-state index in [0.29, 0.717) is 0 Å². The van der Waals surface area contributed by atoms with Gasteiger partial charge in [0.15, 0.2) is 12.2 Å². The minimum atomic E-state index is -1.10. The minimum absolute atomic E-state index is 0.126. The van der Waals surface area contributed by atoms with Crippen molar-refractivity contribution in [1.29, 1.82) is 0 Å². The van der Waals surface area contributed by atoms with Gasteiger partial charge in [0.05, 0.1) is 6.42 Å². The third-order valence-corrected chi connectivity index (χ3v) is 5.07. The highest BCUT2D eigenvalue weighted by atomic mass is 16.6. The van der Waals surface area contributed by atoms with Crippen LogP contribution in [0.15, 0.2) is 12.2 Å². The first-order chi connectivity index (χ1) is 13.8. The summed E-state index contributed by atoms with van der Waals surface area (Å²) in [4.78, 5) is 47.9. The number of hydrogen-bond donors (Lipinski definition) is 0. The number of rotatable bonds is 9. The molecule has 2 rings (SSSR count). The quantitative estimate of drug-likeness (QED) is 0.325. The molecule has 162 valence electrons. The second-order valence-corrected chi connectivity index (χ2v) is 7.65. The van der Waals surface area contributed by atoms with Crippen LogP contribution >= 0.6 is 0 Å². The van der Waals surface area contributed by atoms with E-state index >= 15 is 0 Å². The van der Waals surface area contributed by atoms with Gasteiger partial charge in [-0.05, 0) is 65.2 Å². The molecule has 2 aliphatic rings. The van der Waals surface area contributed by atoms with Crippen LogP contribution in [-0.4, -0.2) is 48.3 Å². The van der Waals surface area contributed by atoms with Crippen molar-refractivity contribution >= 4 is 23.9 Å². The van der Waals surface area contributed by atoms with E-state index in [1.54, 1.807) is 0 Å². The molecule has 2 saturated carbocycles. The zero-order valence-corrected chi connectivity index (χ0v) is 17.1. The monoisotopic (exact) mass is 410 g/mol. The van der Waals surface area contributed by atoms with Crippen molar-refractivity contribution in [3.8, 4) is 0 Å². The van der Waals surface area contributed by atoms with Gasteiger partial charge in [-0.1, -0.05) is 6.58 Å². The smallest absolute Gasteiger partial charge is 0.347 e. The van der Waals surface area contributed by atoms with Gasteiger partial charge < -0.3 is 18.9 Å². The van der Waals surface area contributed by atoms with Gasteiger partial charge in [-0.3, -0.25) is 4.79 Å². The molecule has 0 aliphatic heterocycles. The lowest BCUT2D eigenvalue weighted by Crippen LogP contribution is -2.31. The molecule has 8 nitrogen and oxygen atoms in total. The second-order valence-electron chi connectivity index (χ2n) is 7.65. The summed E-state index contributed by atoms with van der Waals surface area (Å²) in [5.74, 6) is -2.92. The first-order valence-corrected chi connectivity index (χ1v) is 10.3. The van der Waals surface area contributed by atoms with Gasteiger partial charge in [0, 0.05) is 5.57 Å². The minimum Gasteiger partial charge on any atom is -0.460 e. The van der Waals surface area contributed by atoms with Crippen molar-refractivity contribution < 1.29 is 38.1 Å². The van der Waals surface area contributed by atoms with Crippen molar-refractivity contribution in [3.05, 3.63) is 12.2 Å². The van der Waals surface area contributed by atoms with Crippen LogP contribution in [0, 0.1) is 0 Å². The Hall–Kier alpha value is -2.38. The van der Waals surface area contributed by atoms with Crippen LogP contribution in [-0.2, 0) is 38.1 Å². The van der Waals surface area contributed by atoms with Crippen molar-refractivity contribution in [2.75, 3.05) is 0 Å². The average Bonchev–Trinajstić information content (AvgIpc) is 3.35. The van der Waals surface area contributed by atoms with Crippen molar-refractivity contribution in [2.45, 2.75) is 96.1 Å². The van der Waals surface area contributed by atoms with Crippen LogP contribution in [0.1, 0.15) is 71.6 Å². The van der Waals surface area contributed by atoms with Gasteiger partial charge in [-0.25, -0.2) is 14.4 Å². The number of hydrogen-bond acceptors (Lipinski definition) is 8. The third-order valence-electron chi connectivity index (χ3n) is 5.07. The molecule has 2 fully saturated rings. The zero-order chi connectivity index (χ0) is 21.4. The number of ether oxygens (including phenoxy) is 4. The summed E-state index contributed by atoms with van der Waals surface area (Å²) in [7, 11) is 0. The summed E-state index contributed by atoms with van der Waals surface area (Å²) in [5.41, 5.74) is -0.174. The van der Waals surface area contributed by atoms with Gasteiger partial charge in [0.1, 0.15) is 12.2 Å². The van der Waals surface area contributed by atoms with Crippen LogP contribution in [0.2, 0.25) is 0 Å². The molecule has 0 aromatic heterocycles. The molecule has 0 radical (unpaired) electrons. The number of carbonyl (C=O) groups excluding carboxylic acids is 4. The average molecular weight is 410 g/mol. The van der Waals surface area contributed by atoms with Gasteiger partial charge in [-0.15, -0.1) is 0 Å². The molecule has 29 heavy (non-hydrogen) atoms. The van der Waals surface area contributed by atoms with Crippen LogP contribution in [0.3, 0.4) is 0 Å². The van der Waals surface area contributed by atoms with E-state index in [1.165, 1.54) is 13.8 Å². The van der Waals surface area contributed by atoms with E-state index in [4.69, 9.17) is 18.9 Å². The van der Waals surface area contributed by atoms with E-state index in [1.807, 2.05) is 0 Å². The van der Waals surface area contributed by atoms with E-state index in [0.717, 1.165) is 51.4 Å². The molecule has 0 saturated heterocycles. The predicted molar refractivity (Wildman–Crippen MR) is 102 cm³/mol. The highest BCUT2D eigenvalue weighted by Crippen LogP contribution is 2.22. The molecule has 0 N–H and O–H groups in total. The highest BCUT2D eigenvalue weighted by Gasteiger charge is 2.28. The Labute approximate surface area is 170 Å². The normalized spacial score (nSPS) is 19.2. The van der Waals surface area contributed by atoms with Gasteiger partial charge in [0.25, 0.3) is 0 Å². The molecule has 0 heterocycles. The molecule has 2 unspecified atom stereocenters. The molecule has 0 spiro atoms. The fourth-order valence-corrected chi connectivity index (χ4v) is 3.36. The maximum atomic E-state index is 12.1. The van der Waals surface area contributed by atoms with Gasteiger partial charge in [-0.2, -0.15) is 0 Å². The number of carbonyl (C=O) groups is 4. The fraction of sp³-hybridized carbons (Fsp3) is 0.714. The molecule has 0 aromatic carbocycles. The molecule has 8 heteroatoms. The van der Waals surface area contributed by atoms with Crippen molar-refractivity contribution in [3.63, 3.8) is 0 Å².